The van der Waals surface area contributed by atoms with Crippen molar-refractivity contribution in [2.45, 2.75) is 0 Å². The van der Waals surface area contributed by atoms with Crippen LogP contribution in [0.1, 0.15) is 0 Å². The van der Waals surface area contributed by atoms with Gasteiger partial charge in [0.2, 0.25) is 0 Å². The second-order valence-electron chi connectivity index (χ2n) is 2.18. The van der Waals surface area contributed by atoms with Crippen molar-refractivity contribution >= 4 is 23.0 Å². The Morgan fingerprint density at radius 3 is 2.54 bits per heavy atom. The molecule has 0 heterocycles. The molecular formula is C6H3ClF2N2O2. The van der Waals surface area contributed by atoms with Crippen LogP contribution in [0.4, 0.5) is 20.2 Å². The molecule has 0 aliphatic carbocycles. The number of benzene rings is 1. The molecule has 0 radical (unpaired) electrons. The fourth-order valence-corrected chi connectivity index (χ4v) is 0.935. The predicted molar refractivity (Wildman–Crippen MR) is 42.4 cm³/mol. The summed E-state index contributed by atoms with van der Waals surface area (Å²) < 4.78 is 25.2. The Kier molecular flexibility index (Phi) is 2.33. The summed E-state index contributed by atoms with van der Waals surface area (Å²) in [5.74, 6) is -2.78. The Labute approximate surface area is 76.1 Å². The van der Waals surface area contributed by atoms with Crippen LogP contribution >= 0.6 is 11.6 Å². The Hall–Kier alpha value is -1.43. The van der Waals surface area contributed by atoms with Crippen molar-refractivity contribution < 1.29 is 13.7 Å². The summed E-state index contributed by atoms with van der Waals surface area (Å²) in [5.41, 5.74) is 3.75. The van der Waals surface area contributed by atoms with Crippen molar-refractivity contribution in [3.63, 3.8) is 0 Å². The van der Waals surface area contributed by atoms with Crippen LogP contribution in [-0.2, 0) is 0 Å². The third kappa shape index (κ3) is 1.52. The molecule has 2 N–H and O–H groups in total. The molecule has 0 amide bonds. The Bertz CT molecular complexity index is 383. The molecule has 0 fully saturated rings. The zero-order valence-electron chi connectivity index (χ0n) is 6.05. The first-order chi connectivity index (χ1) is 5.95. The molecule has 0 aromatic heterocycles. The molecule has 1 rings (SSSR count). The summed E-state index contributed by atoms with van der Waals surface area (Å²) in [5, 5.41) is 9.44. The summed E-state index contributed by atoms with van der Waals surface area (Å²) in [6.45, 7) is 0. The largest absolute Gasteiger partial charge is 0.392 e. The lowest BCUT2D eigenvalue weighted by Gasteiger charge is -2.01. The van der Waals surface area contributed by atoms with Crippen LogP contribution in [-0.4, -0.2) is 4.92 Å². The first-order valence-electron chi connectivity index (χ1n) is 3.02. The van der Waals surface area contributed by atoms with E-state index in [2.05, 4.69) is 0 Å². The lowest BCUT2D eigenvalue weighted by molar-refractivity contribution is -0.384. The predicted octanol–water partition coefficient (Wildman–Crippen LogP) is 2.11. The van der Waals surface area contributed by atoms with Gasteiger partial charge >= 0.3 is 0 Å². The molecule has 1 aromatic rings. The maximum Gasteiger partial charge on any atom is 0.296 e. The smallest absolute Gasteiger partial charge is 0.296 e. The van der Waals surface area contributed by atoms with Crippen molar-refractivity contribution in [1.82, 2.24) is 0 Å². The van der Waals surface area contributed by atoms with Crippen LogP contribution < -0.4 is 5.73 Å². The lowest BCUT2D eigenvalue weighted by Crippen LogP contribution is -2.00. The van der Waals surface area contributed by atoms with Gasteiger partial charge in [-0.05, 0) is 0 Å². The second kappa shape index (κ2) is 3.14. The minimum absolute atomic E-state index is 0.385. The van der Waals surface area contributed by atoms with E-state index in [0.717, 1.165) is 0 Å². The highest BCUT2D eigenvalue weighted by Gasteiger charge is 2.21. The van der Waals surface area contributed by atoms with Gasteiger partial charge in [-0.15, -0.1) is 0 Å². The number of nitrogens with two attached hydrogens (primary N) is 1. The number of hydrogen-bond donors (Lipinski definition) is 1. The van der Waals surface area contributed by atoms with Crippen LogP contribution in [0.15, 0.2) is 6.07 Å². The van der Waals surface area contributed by atoms with E-state index in [1.165, 1.54) is 0 Å². The number of nitrogens with zero attached hydrogens (tertiary/aromatic N) is 1. The van der Waals surface area contributed by atoms with Crippen LogP contribution in [0.25, 0.3) is 0 Å². The van der Waals surface area contributed by atoms with Gasteiger partial charge < -0.3 is 5.73 Å². The van der Waals surface area contributed by atoms with Crippen molar-refractivity contribution in [1.29, 1.82) is 0 Å². The summed E-state index contributed by atoms with van der Waals surface area (Å²) in [4.78, 5) is 9.27. The Morgan fingerprint density at radius 1 is 1.54 bits per heavy atom. The van der Waals surface area contributed by atoms with E-state index in [1.54, 1.807) is 0 Å². The monoisotopic (exact) mass is 208 g/mol. The molecule has 0 atom stereocenters. The van der Waals surface area contributed by atoms with E-state index in [-0.39, 0.29) is 0 Å². The average molecular weight is 209 g/mol. The number of nitro benzene ring substituents is 1. The van der Waals surface area contributed by atoms with Gasteiger partial charge in [0.05, 0.1) is 11.0 Å². The van der Waals surface area contributed by atoms with E-state index in [0.29, 0.717) is 6.07 Å². The number of nitro groups is 1. The van der Waals surface area contributed by atoms with Crippen LogP contribution in [0, 0.1) is 21.7 Å². The van der Waals surface area contributed by atoms with Crippen LogP contribution in [0.2, 0.25) is 5.02 Å². The normalized spacial score (nSPS) is 10.1. The van der Waals surface area contributed by atoms with E-state index < -0.39 is 33.0 Å². The fraction of sp³-hybridized carbons (Fsp3) is 0. The molecule has 7 heteroatoms. The quantitative estimate of drug-likeness (QED) is 0.333. The molecule has 0 spiro atoms. The van der Waals surface area contributed by atoms with Gasteiger partial charge in [-0.1, -0.05) is 11.6 Å². The van der Waals surface area contributed by atoms with Crippen molar-refractivity contribution in [2.75, 3.05) is 5.73 Å². The highest BCUT2D eigenvalue weighted by Crippen LogP contribution is 2.32. The molecule has 0 bridgehead atoms. The second-order valence-corrected chi connectivity index (χ2v) is 2.55. The summed E-state index contributed by atoms with van der Waals surface area (Å²) >= 11 is 5.19. The molecule has 0 saturated heterocycles. The lowest BCUT2D eigenvalue weighted by atomic mass is 10.2. The summed E-state index contributed by atoms with van der Waals surface area (Å²) in [7, 11) is 0. The zero-order chi connectivity index (χ0) is 10.2. The molecule has 0 aliphatic rings. The van der Waals surface area contributed by atoms with Gasteiger partial charge in [0.15, 0.2) is 11.6 Å². The van der Waals surface area contributed by atoms with Gasteiger partial charge in [-0.25, -0.2) is 8.78 Å². The average Bonchev–Trinajstić information content (AvgIpc) is 2.07. The van der Waals surface area contributed by atoms with Crippen LogP contribution in [0.3, 0.4) is 0 Å². The van der Waals surface area contributed by atoms with E-state index in [4.69, 9.17) is 17.3 Å². The van der Waals surface area contributed by atoms with Gasteiger partial charge in [-0.2, -0.15) is 0 Å². The fourth-order valence-electron chi connectivity index (χ4n) is 0.748. The van der Waals surface area contributed by atoms with E-state index in [9.17, 15) is 18.9 Å². The molecule has 13 heavy (non-hydrogen) atoms. The van der Waals surface area contributed by atoms with Crippen molar-refractivity contribution in [2.24, 2.45) is 0 Å². The molecule has 4 nitrogen and oxygen atoms in total. The number of anilines is 1. The standard InChI is InChI=1S/C6H3ClF2N2O2/c7-4-5(9)2(8)1-3(6(4)10)11(12)13/h1H,10H2. The Morgan fingerprint density at radius 2 is 2.08 bits per heavy atom. The Balaban J connectivity index is 3.50. The topological polar surface area (TPSA) is 69.2 Å². The SMILES string of the molecule is Nc1c([N+](=O)[O-])cc(F)c(F)c1Cl. The number of halogens is 3. The maximum atomic E-state index is 12.6. The van der Waals surface area contributed by atoms with Crippen molar-refractivity contribution in [3.05, 3.63) is 32.8 Å². The van der Waals surface area contributed by atoms with Gasteiger partial charge in [-0.3, -0.25) is 10.1 Å². The van der Waals surface area contributed by atoms with Gasteiger partial charge in [0.25, 0.3) is 5.69 Å². The van der Waals surface area contributed by atoms with E-state index in [1.807, 2.05) is 0 Å². The first kappa shape index (κ1) is 9.66. The molecule has 1 aromatic carbocycles. The minimum atomic E-state index is -1.40. The number of hydrogen-bond acceptors (Lipinski definition) is 3. The maximum absolute atomic E-state index is 12.6. The third-order valence-electron chi connectivity index (χ3n) is 1.37. The van der Waals surface area contributed by atoms with Gasteiger partial charge in [0, 0.05) is 0 Å². The molecule has 0 saturated carbocycles. The third-order valence-corrected chi connectivity index (χ3v) is 1.74. The molecule has 0 unspecified atom stereocenters. The summed E-state index contributed by atoms with van der Waals surface area (Å²) in [6, 6.07) is 0.385. The van der Waals surface area contributed by atoms with Gasteiger partial charge in [0.1, 0.15) is 10.7 Å². The molecular weight excluding hydrogens is 206 g/mol. The molecule has 0 aliphatic heterocycles. The van der Waals surface area contributed by atoms with Crippen molar-refractivity contribution in [3.8, 4) is 0 Å². The van der Waals surface area contributed by atoms with E-state index >= 15 is 0 Å². The first-order valence-corrected chi connectivity index (χ1v) is 3.40. The highest BCUT2D eigenvalue weighted by atomic mass is 35.5. The highest BCUT2D eigenvalue weighted by molar-refractivity contribution is 6.33. The zero-order valence-corrected chi connectivity index (χ0v) is 6.81. The number of rotatable bonds is 1. The minimum Gasteiger partial charge on any atom is -0.392 e. The van der Waals surface area contributed by atoms with Crippen LogP contribution in [0.5, 0.6) is 0 Å². The summed E-state index contributed by atoms with van der Waals surface area (Å²) in [6.07, 6.45) is 0. The molecule has 70 valence electrons. The number of nitrogen functional groups attached to an aromatic ring is 1.